The van der Waals surface area contributed by atoms with Crippen LogP contribution in [0.5, 0.6) is 5.75 Å². The van der Waals surface area contributed by atoms with Crippen molar-refractivity contribution >= 4 is 35.0 Å². The van der Waals surface area contributed by atoms with E-state index < -0.39 is 5.41 Å². The zero-order chi connectivity index (χ0) is 21.7. The van der Waals surface area contributed by atoms with E-state index in [0.717, 1.165) is 11.4 Å². The number of hydrogen-bond acceptors (Lipinski definition) is 4. The van der Waals surface area contributed by atoms with Gasteiger partial charge in [-0.15, -0.1) is 11.8 Å². The van der Waals surface area contributed by atoms with Crippen LogP contribution in [-0.4, -0.2) is 30.7 Å². The highest BCUT2D eigenvalue weighted by Gasteiger charge is 2.38. The molecular weight excluding hydrogens is 396 g/mol. The number of ether oxygens (including phenoxy) is 1. The average Bonchev–Trinajstić information content (AvgIpc) is 2.79. The minimum absolute atomic E-state index is 0.0556. The molecule has 6 heteroatoms. The number of hydrogen-bond donors (Lipinski definition) is 1. The number of carbonyl (C=O) groups is 2. The standard InChI is InChI=1S/C24H30N2O3S/c1-17(2)13-26-20-11-10-19(12-21(20)29-16-24(3,4)23(26)28)25-22(27)15-30-14-18-8-6-5-7-9-18/h5-12,17H,13-16H2,1-4H3,(H,25,27). The summed E-state index contributed by atoms with van der Waals surface area (Å²) >= 11 is 1.58. The van der Waals surface area contributed by atoms with Crippen LogP contribution < -0.4 is 15.0 Å². The van der Waals surface area contributed by atoms with Gasteiger partial charge in [-0.1, -0.05) is 44.2 Å². The Balaban J connectivity index is 1.68. The molecule has 30 heavy (non-hydrogen) atoms. The molecule has 0 saturated heterocycles. The Kier molecular flexibility index (Phi) is 7.08. The number of amides is 2. The Labute approximate surface area is 183 Å². The first-order valence-corrected chi connectivity index (χ1v) is 11.4. The van der Waals surface area contributed by atoms with Crippen molar-refractivity contribution in [1.29, 1.82) is 0 Å². The lowest BCUT2D eigenvalue weighted by atomic mass is 9.92. The smallest absolute Gasteiger partial charge is 0.236 e. The quantitative estimate of drug-likeness (QED) is 0.679. The van der Waals surface area contributed by atoms with Gasteiger partial charge in [-0.2, -0.15) is 0 Å². The van der Waals surface area contributed by atoms with Crippen LogP contribution in [0.15, 0.2) is 48.5 Å². The highest BCUT2D eigenvalue weighted by molar-refractivity contribution is 7.99. The topological polar surface area (TPSA) is 58.6 Å². The molecule has 2 aromatic rings. The lowest BCUT2D eigenvalue weighted by molar-refractivity contribution is -0.127. The van der Waals surface area contributed by atoms with Gasteiger partial charge in [0.1, 0.15) is 12.4 Å². The molecule has 1 aliphatic heterocycles. The largest absolute Gasteiger partial charge is 0.490 e. The Morgan fingerprint density at radius 3 is 2.63 bits per heavy atom. The molecule has 2 amide bonds. The number of rotatable bonds is 7. The third-order valence-corrected chi connectivity index (χ3v) is 5.84. The fourth-order valence-corrected chi connectivity index (χ4v) is 4.09. The van der Waals surface area contributed by atoms with Crippen molar-refractivity contribution in [2.45, 2.75) is 33.4 Å². The summed E-state index contributed by atoms with van der Waals surface area (Å²) in [6.45, 7) is 8.92. The maximum absolute atomic E-state index is 13.0. The Morgan fingerprint density at radius 2 is 1.93 bits per heavy atom. The molecule has 1 aliphatic rings. The van der Waals surface area contributed by atoms with E-state index in [-0.39, 0.29) is 11.8 Å². The maximum atomic E-state index is 13.0. The van der Waals surface area contributed by atoms with Gasteiger partial charge in [-0.05, 0) is 37.5 Å². The molecule has 0 fully saturated rings. The summed E-state index contributed by atoms with van der Waals surface area (Å²) in [7, 11) is 0. The van der Waals surface area contributed by atoms with Crippen LogP contribution in [-0.2, 0) is 15.3 Å². The van der Waals surface area contributed by atoms with Crippen LogP contribution in [0.1, 0.15) is 33.3 Å². The van der Waals surface area contributed by atoms with Crippen LogP contribution in [0.25, 0.3) is 0 Å². The first-order valence-electron chi connectivity index (χ1n) is 10.3. The molecule has 3 rings (SSSR count). The summed E-state index contributed by atoms with van der Waals surface area (Å²) in [4.78, 5) is 27.2. The molecular formula is C24H30N2O3S. The van der Waals surface area contributed by atoms with E-state index in [4.69, 9.17) is 4.74 Å². The normalized spacial score (nSPS) is 15.4. The molecule has 5 nitrogen and oxygen atoms in total. The molecule has 0 radical (unpaired) electrons. The van der Waals surface area contributed by atoms with E-state index in [0.29, 0.717) is 36.3 Å². The highest BCUT2D eigenvalue weighted by atomic mass is 32.2. The molecule has 0 aromatic heterocycles. The number of thioether (sulfide) groups is 1. The third kappa shape index (κ3) is 5.57. The summed E-state index contributed by atoms with van der Waals surface area (Å²) in [5, 5.41) is 2.94. The van der Waals surface area contributed by atoms with Gasteiger partial charge in [0, 0.05) is 24.1 Å². The van der Waals surface area contributed by atoms with Gasteiger partial charge in [0.2, 0.25) is 11.8 Å². The Bertz CT molecular complexity index is 897. The number of nitrogens with zero attached hydrogens (tertiary/aromatic N) is 1. The lowest BCUT2D eigenvalue weighted by Gasteiger charge is -2.29. The van der Waals surface area contributed by atoms with E-state index in [1.807, 2.05) is 55.1 Å². The second-order valence-electron chi connectivity index (χ2n) is 8.69. The molecule has 0 aliphatic carbocycles. The van der Waals surface area contributed by atoms with E-state index in [2.05, 4.69) is 31.3 Å². The molecule has 0 saturated carbocycles. The maximum Gasteiger partial charge on any atom is 0.236 e. The number of fused-ring (bicyclic) bond motifs is 1. The Hall–Kier alpha value is -2.47. The van der Waals surface area contributed by atoms with E-state index in [1.165, 1.54) is 5.56 Å². The van der Waals surface area contributed by atoms with Gasteiger partial charge in [0.05, 0.1) is 16.9 Å². The Morgan fingerprint density at radius 1 is 1.20 bits per heavy atom. The zero-order valence-corrected chi connectivity index (χ0v) is 18.9. The molecule has 2 aromatic carbocycles. The van der Waals surface area contributed by atoms with Gasteiger partial charge in [-0.25, -0.2) is 0 Å². The molecule has 0 spiro atoms. The second-order valence-corrected chi connectivity index (χ2v) is 9.68. The van der Waals surface area contributed by atoms with Crippen molar-refractivity contribution in [1.82, 2.24) is 0 Å². The summed E-state index contributed by atoms with van der Waals surface area (Å²) in [5.41, 5.74) is 2.03. The highest BCUT2D eigenvalue weighted by Crippen LogP contribution is 2.38. The van der Waals surface area contributed by atoms with Gasteiger partial charge < -0.3 is 15.0 Å². The second kappa shape index (κ2) is 9.56. The van der Waals surface area contributed by atoms with Crippen LogP contribution in [0.2, 0.25) is 0 Å². The van der Waals surface area contributed by atoms with E-state index >= 15 is 0 Å². The monoisotopic (exact) mass is 426 g/mol. The summed E-state index contributed by atoms with van der Waals surface area (Å²) in [6.07, 6.45) is 0. The van der Waals surface area contributed by atoms with Gasteiger partial charge in [0.25, 0.3) is 0 Å². The van der Waals surface area contributed by atoms with Gasteiger partial charge >= 0.3 is 0 Å². The number of carbonyl (C=O) groups excluding carboxylic acids is 2. The minimum Gasteiger partial charge on any atom is -0.490 e. The molecule has 1 heterocycles. The average molecular weight is 427 g/mol. The zero-order valence-electron chi connectivity index (χ0n) is 18.1. The van der Waals surface area contributed by atoms with Crippen LogP contribution >= 0.6 is 11.8 Å². The van der Waals surface area contributed by atoms with Crippen LogP contribution in [0.3, 0.4) is 0 Å². The van der Waals surface area contributed by atoms with E-state index in [1.54, 1.807) is 11.8 Å². The lowest BCUT2D eigenvalue weighted by Crippen LogP contribution is -2.43. The fraction of sp³-hybridized carbons (Fsp3) is 0.417. The predicted molar refractivity (Wildman–Crippen MR) is 124 cm³/mol. The minimum atomic E-state index is -0.606. The predicted octanol–water partition coefficient (Wildman–Crippen LogP) is 4.97. The third-order valence-electron chi connectivity index (χ3n) is 4.84. The van der Waals surface area contributed by atoms with Crippen molar-refractivity contribution < 1.29 is 14.3 Å². The van der Waals surface area contributed by atoms with Crippen molar-refractivity contribution in [3.8, 4) is 5.75 Å². The first kappa shape index (κ1) is 22.2. The number of benzene rings is 2. The van der Waals surface area contributed by atoms with Gasteiger partial charge in [0.15, 0.2) is 0 Å². The van der Waals surface area contributed by atoms with Crippen molar-refractivity contribution in [3.63, 3.8) is 0 Å². The van der Waals surface area contributed by atoms with Crippen molar-refractivity contribution in [2.75, 3.05) is 29.1 Å². The summed E-state index contributed by atoms with van der Waals surface area (Å²) < 4.78 is 5.99. The fourth-order valence-electron chi connectivity index (χ4n) is 3.30. The molecule has 0 bridgehead atoms. The van der Waals surface area contributed by atoms with Gasteiger partial charge in [-0.3, -0.25) is 9.59 Å². The van der Waals surface area contributed by atoms with Crippen molar-refractivity contribution in [2.24, 2.45) is 11.3 Å². The van der Waals surface area contributed by atoms with Crippen LogP contribution in [0, 0.1) is 11.3 Å². The number of nitrogens with one attached hydrogen (secondary N) is 1. The van der Waals surface area contributed by atoms with Crippen molar-refractivity contribution in [3.05, 3.63) is 54.1 Å². The molecule has 0 unspecified atom stereocenters. The van der Waals surface area contributed by atoms with Crippen LogP contribution in [0.4, 0.5) is 11.4 Å². The molecule has 0 atom stereocenters. The molecule has 1 N–H and O–H groups in total. The number of anilines is 2. The molecule has 160 valence electrons. The summed E-state index contributed by atoms with van der Waals surface area (Å²) in [6, 6.07) is 15.6. The van der Waals surface area contributed by atoms with E-state index in [9.17, 15) is 9.59 Å². The summed E-state index contributed by atoms with van der Waals surface area (Å²) in [5.74, 6) is 2.13. The SMILES string of the molecule is CC(C)CN1C(=O)C(C)(C)COc2cc(NC(=O)CSCc3ccccc3)ccc21. The first-order chi connectivity index (χ1) is 14.3.